The van der Waals surface area contributed by atoms with Crippen LogP contribution >= 0.6 is 0 Å². The molecule has 0 aliphatic rings. The number of carbonyl (C=O) groups is 4. The molecular formula is C30H54O8. The van der Waals surface area contributed by atoms with Crippen LogP contribution in [0.15, 0.2) is 0 Å². The van der Waals surface area contributed by atoms with Crippen LogP contribution < -0.4 is 0 Å². The van der Waals surface area contributed by atoms with Crippen LogP contribution in [-0.2, 0) is 38.1 Å². The van der Waals surface area contributed by atoms with Crippen molar-refractivity contribution in [2.45, 2.75) is 119 Å². The SMILES string of the molecule is CCCCOC(=O)C(C)CC(CC(CC(CC)C(=O)OCCCC)C(=O)OCCCC)C(=O)OCCCC. The van der Waals surface area contributed by atoms with Crippen molar-refractivity contribution in [3.63, 3.8) is 0 Å². The first kappa shape index (κ1) is 35.9. The minimum Gasteiger partial charge on any atom is -0.465 e. The molecule has 8 nitrogen and oxygen atoms in total. The van der Waals surface area contributed by atoms with Gasteiger partial charge < -0.3 is 18.9 Å². The minimum absolute atomic E-state index is 0.140. The Hall–Kier alpha value is -2.12. The molecule has 0 fully saturated rings. The molecule has 0 amide bonds. The fourth-order valence-corrected chi connectivity index (χ4v) is 3.98. The lowest BCUT2D eigenvalue weighted by molar-refractivity contribution is -0.156. The largest absolute Gasteiger partial charge is 0.465 e. The van der Waals surface area contributed by atoms with Crippen LogP contribution in [0.4, 0.5) is 0 Å². The van der Waals surface area contributed by atoms with Gasteiger partial charge in [0, 0.05) is 0 Å². The number of carbonyl (C=O) groups excluding carboxylic acids is 4. The van der Waals surface area contributed by atoms with E-state index in [2.05, 4.69) is 0 Å². The van der Waals surface area contributed by atoms with Crippen LogP contribution in [0.5, 0.6) is 0 Å². The van der Waals surface area contributed by atoms with Crippen molar-refractivity contribution in [3.05, 3.63) is 0 Å². The monoisotopic (exact) mass is 542 g/mol. The molecule has 38 heavy (non-hydrogen) atoms. The maximum atomic E-state index is 13.1. The molecule has 4 unspecified atom stereocenters. The standard InChI is InChI=1S/C30H54O8/c1-7-12-16-35-27(31)23(6)20-25(29(33)37-18-14-9-3)22-26(30(34)38-19-15-10-4)21-24(11-5)28(32)36-17-13-8-2/h23-26H,7-22H2,1-6H3. The molecule has 0 spiro atoms. The molecule has 0 saturated heterocycles. The highest BCUT2D eigenvalue weighted by Crippen LogP contribution is 2.29. The molecule has 0 rings (SSSR count). The third kappa shape index (κ3) is 16.0. The molecule has 0 heterocycles. The van der Waals surface area contributed by atoms with Gasteiger partial charge in [0.25, 0.3) is 0 Å². The highest BCUT2D eigenvalue weighted by Gasteiger charge is 2.35. The summed E-state index contributed by atoms with van der Waals surface area (Å²) >= 11 is 0. The first-order chi connectivity index (χ1) is 18.2. The van der Waals surface area contributed by atoms with Gasteiger partial charge >= 0.3 is 23.9 Å². The molecule has 222 valence electrons. The molecule has 0 aliphatic carbocycles. The molecule has 0 aromatic rings. The number of ether oxygens (including phenoxy) is 4. The lowest BCUT2D eigenvalue weighted by Gasteiger charge is -2.25. The van der Waals surface area contributed by atoms with E-state index in [4.69, 9.17) is 18.9 Å². The summed E-state index contributed by atoms with van der Waals surface area (Å²) in [7, 11) is 0. The highest BCUT2D eigenvalue weighted by molar-refractivity contribution is 5.79. The van der Waals surface area contributed by atoms with Crippen molar-refractivity contribution in [1.29, 1.82) is 0 Å². The maximum Gasteiger partial charge on any atom is 0.308 e. The second-order valence-corrected chi connectivity index (χ2v) is 10.2. The Morgan fingerprint density at radius 1 is 0.474 bits per heavy atom. The minimum atomic E-state index is -0.696. The molecule has 4 atom stereocenters. The number of hydrogen-bond donors (Lipinski definition) is 0. The zero-order chi connectivity index (χ0) is 28.8. The fraction of sp³-hybridized carbons (Fsp3) is 0.867. The van der Waals surface area contributed by atoms with E-state index in [1.54, 1.807) is 6.92 Å². The smallest absolute Gasteiger partial charge is 0.308 e. The van der Waals surface area contributed by atoms with Crippen molar-refractivity contribution in [2.75, 3.05) is 26.4 Å². The molecule has 0 bridgehead atoms. The van der Waals surface area contributed by atoms with E-state index in [1.165, 1.54) is 0 Å². The van der Waals surface area contributed by atoms with E-state index in [1.807, 2.05) is 34.6 Å². The Morgan fingerprint density at radius 2 is 0.789 bits per heavy atom. The van der Waals surface area contributed by atoms with Gasteiger partial charge in [-0.15, -0.1) is 0 Å². The molecule has 8 heteroatoms. The quantitative estimate of drug-likeness (QED) is 0.0827. The Morgan fingerprint density at radius 3 is 1.16 bits per heavy atom. The van der Waals surface area contributed by atoms with Crippen LogP contribution in [0.2, 0.25) is 0 Å². The summed E-state index contributed by atoms with van der Waals surface area (Å²) in [5, 5.41) is 0. The van der Waals surface area contributed by atoms with Crippen molar-refractivity contribution in [2.24, 2.45) is 23.7 Å². The predicted octanol–water partition coefficient (Wildman–Crippen LogP) is 6.42. The average Bonchev–Trinajstić information content (AvgIpc) is 2.90. The summed E-state index contributed by atoms with van der Waals surface area (Å²) in [6.45, 7) is 12.9. The molecule has 0 aliphatic heterocycles. The average molecular weight is 543 g/mol. The molecule has 0 aromatic carbocycles. The van der Waals surface area contributed by atoms with Gasteiger partial charge in [-0.1, -0.05) is 67.2 Å². The third-order valence-corrected chi connectivity index (χ3v) is 6.64. The second kappa shape index (κ2) is 22.8. The molecule has 0 aromatic heterocycles. The summed E-state index contributed by atoms with van der Waals surface area (Å²) in [5.74, 6) is -3.96. The number of esters is 4. The highest BCUT2D eigenvalue weighted by atomic mass is 16.5. The van der Waals surface area contributed by atoms with Crippen LogP contribution in [0.25, 0.3) is 0 Å². The Kier molecular flexibility index (Phi) is 21.6. The summed E-state index contributed by atoms with van der Waals surface area (Å²) in [5.41, 5.74) is 0. The summed E-state index contributed by atoms with van der Waals surface area (Å²) in [4.78, 5) is 51.5. The Labute approximate surface area is 230 Å². The summed E-state index contributed by atoms with van der Waals surface area (Å²) < 4.78 is 21.8. The molecule has 0 radical (unpaired) electrons. The van der Waals surface area contributed by atoms with Gasteiger partial charge in [0.1, 0.15) is 0 Å². The van der Waals surface area contributed by atoms with Crippen molar-refractivity contribution < 1.29 is 38.1 Å². The van der Waals surface area contributed by atoms with Crippen molar-refractivity contribution >= 4 is 23.9 Å². The van der Waals surface area contributed by atoms with E-state index in [0.717, 1.165) is 51.4 Å². The van der Waals surface area contributed by atoms with Crippen molar-refractivity contribution in [1.82, 2.24) is 0 Å². The zero-order valence-corrected chi connectivity index (χ0v) is 24.9. The number of hydrogen-bond acceptors (Lipinski definition) is 8. The van der Waals surface area contributed by atoms with Crippen LogP contribution in [0.1, 0.15) is 119 Å². The maximum absolute atomic E-state index is 13.1. The van der Waals surface area contributed by atoms with Crippen LogP contribution in [-0.4, -0.2) is 50.3 Å². The van der Waals surface area contributed by atoms with Gasteiger partial charge in [-0.3, -0.25) is 19.2 Å². The van der Waals surface area contributed by atoms with E-state index in [-0.39, 0.29) is 44.4 Å². The summed E-state index contributed by atoms with van der Waals surface area (Å²) in [6.07, 6.45) is 7.68. The van der Waals surface area contributed by atoms with Gasteiger partial charge in [0.2, 0.25) is 0 Å². The lowest BCUT2D eigenvalue weighted by Crippen LogP contribution is -2.32. The number of rotatable bonds is 23. The van der Waals surface area contributed by atoms with Crippen LogP contribution in [0, 0.1) is 23.7 Å². The predicted molar refractivity (Wildman–Crippen MR) is 147 cm³/mol. The first-order valence-corrected chi connectivity index (χ1v) is 14.9. The van der Waals surface area contributed by atoms with Crippen LogP contribution in [0.3, 0.4) is 0 Å². The van der Waals surface area contributed by atoms with Gasteiger partial charge in [-0.2, -0.15) is 0 Å². The van der Waals surface area contributed by atoms with E-state index in [0.29, 0.717) is 19.6 Å². The van der Waals surface area contributed by atoms with E-state index < -0.39 is 35.6 Å². The van der Waals surface area contributed by atoms with E-state index in [9.17, 15) is 19.2 Å². The fourth-order valence-electron chi connectivity index (χ4n) is 3.98. The Bertz CT molecular complexity index is 663. The molecule has 0 N–H and O–H groups in total. The van der Waals surface area contributed by atoms with Crippen molar-refractivity contribution in [3.8, 4) is 0 Å². The third-order valence-electron chi connectivity index (χ3n) is 6.64. The van der Waals surface area contributed by atoms with Gasteiger partial charge in [-0.25, -0.2) is 0 Å². The van der Waals surface area contributed by atoms with E-state index >= 15 is 0 Å². The molecular weight excluding hydrogens is 488 g/mol. The van der Waals surface area contributed by atoms with Gasteiger partial charge in [0.05, 0.1) is 50.1 Å². The Balaban J connectivity index is 5.73. The molecule has 0 saturated carbocycles. The van der Waals surface area contributed by atoms with Gasteiger partial charge in [0.15, 0.2) is 0 Å². The normalized spacial score (nSPS) is 14.2. The second-order valence-electron chi connectivity index (χ2n) is 10.2. The summed E-state index contributed by atoms with van der Waals surface area (Å²) in [6, 6.07) is 0. The number of unbranched alkanes of at least 4 members (excludes halogenated alkanes) is 4. The lowest BCUT2D eigenvalue weighted by atomic mass is 9.82. The van der Waals surface area contributed by atoms with Gasteiger partial charge in [-0.05, 0) is 51.4 Å². The topological polar surface area (TPSA) is 105 Å². The zero-order valence-electron chi connectivity index (χ0n) is 24.9. The first-order valence-electron chi connectivity index (χ1n) is 14.9.